The van der Waals surface area contributed by atoms with E-state index in [1.165, 1.54) is 0 Å². The van der Waals surface area contributed by atoms with Gasteiger partial charge in [-0.2, -0.15) is 0 Å². The molecule has 0 radical (unpaired) electrons. The molecule has 0 unspecified atom stereocenters. The molecule has 0 aliphatic carbocycles. The minimum absolute atomic E-state index is 0.0569. The Bertz CT molecular complexity index is 231. The molecule has 0 aliphatic heterocycles. The van der Waals surface area contributed by atoms with Gasteiger partial charge in [0.1, 0.15) is 10.3 Å². The van der Waals surface area contributed by atoms with E-state index < -0.39 is 7.82 Å². The standard InChI is InChI=1S/C6H11Cl2O4P/c1-2-3-4-5(6(7)8)12-13(9,10)11/h2-4H2,1H3,(H2,9,10,11). The van der Waals surface area contributed by atoms with Gasteiger partial charge in [0, 0.05) is 6.42 Å². The first kappa shape index (κ1) is 13.3. The maximum atomic E-state index is 10.4. The highest BCUT2D eigenvalue weighted by Crippen LogP contribution is 2.41. The summed E-state index contributed by atoms with van der Waals surface area (Å²) >= 11 is 10.7. The molecule has 0 fully saturated rings. The van der Waals surface area contributed by atoms with Crippen molar-refractivity contribution >= 4 is 31.0 Å². The number of hydrogen-bond acceptors (Lipinski definition) is 2. The van der Waals surface area contributed by atoms with Crippen molar-refractivity contribution < 1.29 is 18.9 Å². The summed E-state index contributed by atoms with van der Waals surface area (Å²) in [4.78, 5) is 16.9. The molecule has 2 N–H and O–H groups in total. The molecule has 0 amide bonds. The Morgan fingerprint density at radius 3 is 2.31 bits per heavy atom. The first-order valence-electron chi connectivity index (χ1n) is 3.66. The monoisotopic (exact) mass is 248 g/mol. The fraction of sp³-hybridized carbons (Fsp3) is 0.667. The van der Waals surface area contributed by atoms with Crippen LogP contribution in [0, 0.1) is 0 Å². The molecule has 0 saturated heterocycles. The first-order chi connectivity index (χ1) is 5.87. The molecule has 0 heterocycles. The lowest BCUT2D eigenvalue weighted by Gasteiger charge is -2.10. The summed E-state index contributed by atoms with van der Waals surface area (Å²) in [7, 11) is -4.54. The van der Waals surface area contributed by atoms with Gasteiger partial charge in [0.15, 0.2) is 0 Å². The largest absolute Gasteiger partial charge is 0.524 e. The van der Waals surface area contributed by atoms with Gasteiger partial charge in [0.05, 0.1) is 0 Å². The minimum Gasteiger partial charge on any atom is -0.406 e. The second-order valence-electron chi connectivity index (χ2n) is 2.37. The third-order valence-corrected chi connectivity index (χ3v) is 2.08. The lowest BCUT2D eigenvalue weighted by atomic mass is 10.2. The smallest absolute Gasteiger partial charge is 0.406 e. The molecule has 0 rings (SSSR count). The zero-order valence-corrected chi connectivity index (χ0v) is 9.44. The Labute approximate surface area is 86.7 Å². The Hall–Kier alpha value is 0.270. The Morgan fingerprint density at radius 1 is 1.46 bits per heavy atom. The molecule has 0 bridgehead atoms. The lowest BCUT2D eigenvalue weighted by Crippen LogP contribution is -1.91. The molecule has 0 saturated carbocycles. The average Bonchev–Trinajstić information content (AvgIpc) is 1.95. The van der Waals surface area contributed by atoms with Crippen molar-refractivity contribution in [3.63, 3.8) is 0 Å². The summed E-state index contributed by atoms with van der Waals surface area (Å²) < 4.78 is 14.5. The number of rotatable bonds is 5. The van der Waals surface area contributed by atoms with Gasteiger partial charge in [-0.05, 0) is 6.42 Å². The molecule has 0 atom stereocenters. The zero-order chi connectivity index (χ0) is 10.5. The van der Waals surface area contributed by atoms with Crippen molar-refractivity contribution in [3.05, 3.63) is 10.3 Å². The zero-order valence-electron chi connectivity index (χ0n) is 7.04. The molecular weight excluding hydrogens is 238 g/mol. The van der Waals surface area contributed by atoms with Crippen LogP contribution in [0.5, 0.6) is 0 Å². The summed E-state index contributed by atoms with van der Waals surface area (Å²) in [6.45, 7) is 1.93. The molecule has 0 aromatic heterocycles. The van der Waals surface area contributed by atoms with E-state index in [0.29, 0.717) is 12.8 Å². The van der Waals surface area contributed by atoms with E-state index >= 15 is 0 Å². The van der Waals surface area contributed by atoms with Gasteiger partial charge in [-0.3, -0.25) is 9.79 Å². The number of phosphoric acid groups is 1. The topological polar surface area (TPSA) is 66.8 Å². The first-order valence-corrected chi connectivity index (χ1v) is 5.94. The van der Waals surface area contributed by atoms with Crippen LogP contribution in [0.3, 0.4) is 0 Å². The van der Waals surface area contributed by atoms with Crippen molar-refractivity contribution in [1.82, 2.24) is 0 Å². The van der Waals surface area contributed by atoms with Crippen LogP contribution >= 0.6 is 31.0 Å². The number of unbranched alkanes of at least 4 members (excludes halogenated alkanes) is 1. The predicted molar refractivity (Wildman–Crippen MR) is 51.4 cm³/mol. The maximum Gasteiger partial charge on any atom is 0.524 e. The van der Waals surface area contributed by atoms with Gasteiger partial charge in [-0.1, -0.05) is 36.5 Å². The quantitative estimate of drug-likeness (QED) is 0.580. The van der Waals surface area contributed by atoms with Crippen molar-refractivity contribution in [2.75, 3.05) is 0 Å². The van der Waals surface area contributed by atoms with E-state index in [1.807, 2.05) is 6.92 Å². The van der Waals surface area contributed by atoms with Crippen LogP contribution in [0.25, 0.3) is 0 Å². The number of phosphoric ester groups is 1. The van der Waals surface area contributed by atoms with Crippen LogP contribution < -0.4 is 0 Å². The van der Waals surface area contributed by atoms with Crippen molar-refractivity contribution in [2.24, 2.45) is 0 Å². The molecule has 0 aliphatic rings. The van der Waals surface area contributed by atoms with E-state index in [9.17, 15) is 4.57 Å². The summed E-state index contributed by atoms with van der Waals surface area (Å²) in [6, 6.07) is 0. The Morgan fingerprint density at radius 2 is 2.00 bits per heavy atom. The van der Waals surface area contributed by atoms with Crippen LogP contribution in [0.2, 0.25) is 0 Å². The van der Waals surface area contributed by atoms with Crippen molar-refractivity contribution in [2.45, 2.75) is 26.2 Å². The van der Waals surface area contributed by atoms with Gasteiger partial charge in [-0.25, -0.2) is 4.57 Å². The number of halogens is 2. The second-order valence-corrected chi connectivity index (χ2v) is 4.48. The second kappa shape index (κ2) is 5.89. The van der Waals surface area contributed by atoms with E-state index in [4.69, 9.17) is 33.0 Å². The van der Waals surface area contributed by atoms with E-state index in [-0.39, 0.29) is 10.3 Å². The van der Waals surface area contributed by atoms with Crippen molar-refractivity contribution in [1.29, 1.82) is 0 Å². The third-order valence-electron chi connectivity index (χ3n) is 1.20. The highest BCUT2D eigenvalue weighted by Gasteiger charge is 2.19. The van der Waals surface area contributed by atoms with Crippen LogP contribution in [0.15, 0.2) is 10.3 Å². The number of allylic oxidation sites excluding steroid dienone is 1. The molecule has 4 nitrogen and oxygen atoms in total. The molecule has 13 heavy (non-hydrogen) atoms. The summed E-state index contributed by atoms with van der Waals surface area (Å²) in [5, 5.41) is 0. The summed E-state index contributed by atoms with van der Waals surface area (Å²) in [5.41, 5.74) is 0. The Balaban J connectivity index is 4.30. The van der Waals surface area contributed by atoms with Crippen LogP contribution in [-0.2, 0) is 9.09 Å². The van der Waals surface area contributed by atoms with E-state index in [1.54, 1.807) is 0 Å². The fourth-order valence-electron chi connectivity index (χ4n) is 0.656. The predicted octanol–water partition coefficient (Wildman–Crippen LogP) is 2.93. The minimum atomic E-state index is -4.54. The molecular formula is C6H11Cl2O4P. The lowest BCUT2D eigenvalue weighted by molar-refractivity contribution is 0.235. The van der Waals surface area contributed by atoms with Gasteiger partial charge in [0.25, 0.3) is 0 Å². The van der Waals surface area contributed by atoms with E-state index in [0.717, 1.165) is 6.42 Å². The fourth-order valence-corrected chi connectivity index (χ4v) is 1.50. The maximum absolute atomic E-state index is 10.4. The van der Waals surface area contributed by atoms with Crippen LogP contribution in [0.4, 0.5) is 0 Å². The highest BCUT2D eigenvalue weighted by atomic mass is 35.5. The number of hydrogen-bond donors (Lipinski definition) is 2. The van der Waals surface area contributed by atoms with Gasteiger partial charge in [-0.15, -0.1) is 0 Å². The molecule has 0 aromatic carbocycles. The van der Waals surface area contributed by atoms with E-state index in [2.05, 4.69) is 4.52 Å². The van der Waals surface area contributed by atoms with Gasteiger partial charge >= 0.3 is 7.82 Å². The molecule has 7 heteroatoms. The normalized spacial score (nSPS) is 11.2. The third kappa shape index (κ3) is 7.35. The van der Waals surface area contributed by atoms with Crippen molar-refractivity contribution in [3.8, 4) is 0 Å². The average molecular weight is 249 g/mol. The van der Waals surface area contributed by atoms with Gasteiger partial charge < -0.3 is 4.52 Å². The molecule has 0 spiro atoms. The van der Waals surface area contributed by atoms with Crippen LogP contribution in [-0.4, -0.2) is 9.79 Å². The highest BCUT2D eigenvalue weighted by molar-refractivity contribution is 7.46. The van der Waals surface area contributed by atoms with Gasteiger partial charge in [0.2, 0.25) is 0 Å². The van der Waals surface area contributed by atoms with Crippen LogP contribution in [0.1, 0.15) is 26.2 Å². The molecule has 0 aromatic rings. The Kier molecular flexibility index (Phi) is 6.01. The SMILES string of the molecule is CCCCC(OP(=O)(O)O)=C(Cl)Cl. The molecule has 78 valence electrons. The summed E-state index contributed by atoms with van der Waals surface area (Å²) in [6.07, 6.45) is 1.89. The summed E-state index contributed by atoms with van der Waals surface area (Å²) in [5.74, 6) is -0.0569.